The Morgan fingerprint density at radius 3 is 2.81 bits per heavy atom. The quantitative estimate of drug-likeness (QED) is 0.801. The molecule has 1 N–H and O–H groups in total. The second kappa shape index (κ2) is 5.46. The van der Waals surface area contributed by atoms with Gasteiger partial charge in [0.1, 0.15) is 6.07 Å². The van der Waals surface area contributed by atoms with E-state index >= 15 is 0 Å². The molecule has 1 aromatic carbocycles. The summed E-state index contributed by atoms with van der Waals surface area (Å²) in [5.74, 6) is 0. The summed E-state index contributed by atoms with van der Waals surface area (Å²) in [6.07, 6.45) is 0. The number of nitriles is 1. The van der Waals surface area contributed by atoms with Gasteiger partial charge in [-0.2, -0.15) is 5.26 Å². The number of rotatable bonds is 3. The lowest BCUT2D eigenvalue weighted by molar-refractivity contribution is 0.894. The first kappa shape index (κ1) is 13.5. The lowest BCUT2D eigenvalue weighted by Crippen LogP contribution is -2.12. The molecule has 5 nitrogen and oxygen atoms in total. The number of fused-ring (bicyclic) bond motifs is 1. The average molecular weight is 295 g/mol. The van der Waals surface area contributed by atoms with Crippen molar-refractivity contribution in [1.82, 2.24) is 15.2 Å². The van der Waals surface area contributed by atoms with Gasteiger partial charge >= 0.3 is 0 Å². The van der Waals surface area contributed by atoms with Gasteiger partial charge in [0, 0.05) is 22.4 Å². The summed E-state index contributed by atoms with van der Waals surface area (Å²) in [4.78, 5) is 4.30. The first-order chi connectivity index (χ1) is 10.2. The Labute approximate surface area is 126 Å². The summed E-state index contributed by atoms with van der Waals surface area (Å²) < 4.78 is 0. The van der Waals surface area contributed by atoms with Crippen LogP contribution in [0.1, 0.15) is 19.5 Å². The van der Waals surface area contributed by atoms with Crippen LogP contribution in [-0.4, -0.2) is 21.2 Å². The molecule has 0 unspecified atom stereocenters. The monoisotopic (exact) mass is 295 g/mol. The van der Waals surface area contributed by atoms with Crippen LogP contribution in [0.25, 0.3) is 22.2 Å². The fraction of sp³-hybridized carbons (Fsp3) is 0.200. The van der Waals surface area contributed by atoms with Crippen molar-refractivity contribution in [3.05, 3.63) is 34.8 Å². The van der Waals surface area contributed by atoms with Gasteiger partial charge in [0.05, 0.1) is 22.4 Å². The number of aromatic nitrogens is 3. The van der Waals surface area contributed by atoms with E-state index in [0.717, 1.165) is 27.8 Å². The zero-order valence-electron chi connectivity index (χ0n) is 11.7. The van der Waals surface area contributed by atoms with Crippen LogP contribution in [0, 0.1) is 11.3 Å². The van der Waals surface area contributed by atoms with Gasteiger partial charge in [-0.3, -0.25) is 0 Å². The number of thiazole rings is 1. The topological polar surface area (TPSA) is 74.5 Å². The number of benzene rings is 1. The highest BCUT2D eigenvalue weighted by atomic mass is 32.1. The largest absolute Gasteiger partial charge is 0.380 e. The molecule has 0 bridgehead atoms. The van der Waals surface area contributed by atoms with Crippen LogP contribution >= 0.6 is 11.3 Å². The minimum atomic E-state index is 0.211. The summed E-state index contributed by atoms with van der Waals surface area (Å²) in [5, 5.41) is 23.5. The molecule has 0 fully saturated rings. The number of hydrogen-bond donors (Lipinski definition) is 1. The van der Waals surface area contributed by atoms with E-state index in [1.54, 1.807) is 16.8 Å². The summed E-state index contributed by atoms with van der Waals surface area (Å²) in [6, 6.07) is 8.20. The molecule has 3 rings (SSSR count). The zero-order valence-corrected chi connectivity index (χ0v) is 12.5. The van der Waals surface area contributed by atoms with Crippen LogP contribution in [0.15, 0.2) is 29.1 Å². The molecular weight excluding hydrogens is 282 g/mol. The molecule has 0 aliphatic carbocycles. The molecular formula is C15H13N5S. The van der Waals surface area contributed by atoms with E-state index in [1.165, 1.54) is 0 Å². The number of nitrogens with one attached hydrogen (secondary N) is 1. The SMILES string of the molecule is CC(C)Nc1c(C#N)nnc2cc(-c3cscn3)ccc12. The highest BCUT2D eigenvalue weighted by molar-refractivity contribution is 7.07. The van der Waals surface area contributed by atoms with Crippen LogP contribution in [0.5, 0.6) is 0 Å². The van der Waals surface area contributed by atoms with Crippen molar-refractivity contribution in [2.75, 3.05) is 5.32 Å². The third-order valence-electron chi connectivity index (χ3n) is 3.03. The Balaban J connectivity index is 2.18. The molecule has 0 saturated carbocycles. The van der Waals surface area contributed by atoms with E-state index in [9.17, 15) is 5.26 Å². The average Bonchev–Trinajstić information content (AvgIpc) is 3.00. The number of nitrogens with zero attached hydrogens (tertiary/aromatic N) is 4. The summed E-state index contributed by atoms with van der Waals surface area (Å²) >= 11 is 1.55. The Morgan fingerprint density at radius 2 is 2.14 bits per heavy atom. The molecule has 0 saturated heterocycles. The first-order valence-corrected chi connectivity index (χ1v) is 7.49. The molecule has 0 aliphatic rings. The Hall–Kier alpha value is -2.52. The smallest absolute Gasteiger partial charge is 0.186 e. The van der Waals surface area contributed by atoms with Crippen LogP contribution in [0.3, 0.4) is 0 Å². The Bertz CT molecular complexity index is 818. The van der Waals surface area contributed by atoms with E-state index in [4.69, 9.17) is 0 Å². The van der Waals surface area contributed by atoms with Gasteiger partial charge in [0.15, 0.2) is 5.69 Å². The molecule has 0 atom stereocenters. The van der Waals surface area contributed by atoms with Crippen molar-refractivity contribution in [1.29, 1.82) is 5.26 Å². The predicted octanol–water partition coefficient (Wildman–Crippen LogP) is 3.45. The van der Waals surface area contributed by atoms with E-state index in [0.29, 0.717) is 5.69 Å². The molecule has 0 spiro atoms. The fourth-order valence-corrected chi connectivity index (χ4v) is 2.70. The van der Waals surface area contributed by atoms with Crippen molar-refractivity contribution in [2.45, 2.75) is 19.9 Å². The van der Waals surface area contributed by atoms with Crippen molar-refractivity contribution in [2.24, 2.45) is 0 Å². The highest BCUT2D eigenvalue weighted by Crippen LogP contribution is 2.29. The number of anilines is 1. The van der Waals surface area contributed by atoms with Gasteiger partial charge in [-0.25, -0.2) is 4.98 Å². The van der Waals surface area contributed by atoms with Gasteiger partial charge in [0.25, 0.3) is 0 Å². The van der Waals surface area contributed by atoms with E-state index in [-0.39, 0.29) is 6.04 Å². The fourth-order valence-electron chi connectivity index (χ4n) is 2.13. The van der Waals surface area contributed by atoms with Crippen molar-refractivity contribution in [3.63, 3.8) is 0 Å². The molecule has 104 valence electrons. The molecule has 3 aromatic rings. The molecule has 0 aliphatic heterocycles. The van der Waals surface area contributed by atoms with E-state index in [2.05, 4.69) is 26.6 Å². The Kier molecular flexibility index (Phi) is 3.50. The maximum Gasteiger partial charge on any atom is 0.186 e. The molecule has 21 heavy (non-hydrogen) atoms. The normalized spacial score (nSPS) is 10.8. The summed E-state index contributed by atoms with van der Waals surface area (Å²) in [5.41, 5.74) is 5.53. The molecule has 0 amide bonds. The lowest BCUT2D eigenvalue weighted by Gasteiger charge is -2.13. The second-order valence-electron chi connectivity index (χ2n) is 4.94. The lowest BCUT2D eigenvalue weighted by atomic mass is 10.1. The van der Waals surface area contributed by atoms with Crippen molar-refractivity contribution >= 4 is 27.9 Å². The third kappa shape index (κ3) is 2.56. The summed E-state index contributed by atoms with van der Waals surface area (Å²) in [6.45, 7) is 4.05. The predicted molar refractivity (Wildman–Crippen MR) is 84.1 cm³/mol. The van der Waals surface area contributed by atoms with Gasteiger partial charge < -0.3 is 5.32 Å². The first-order valence-electron chi connectivity index (χ1n) is 6.54. The second-order valence-corrected chi connectivity index (χ2v) is 5.66. The highest BCUT2D eigenvalue weighted by Gasteiger charge is 2.12. The van der Waals surface area contributed by atoms with Gasteiger partial charge in [0.2, 0.25) is 0 Å². The van der Waals surface area contributed by atoms with Gasteiger partial charge in [-0.05, 0) is 26.0 Å². The maximum atomic E-state index is 9.19. The van der Waals surface area contributed by atoms with Crippen LogP contribution in [-0.2, 0) is 0 Å². The van der Waals surface area contributed by atoms with Crippen LogP contribution < -0.4 is 5.32 Å². The van der Waals surface area contributed by atoms with Gasteiger partial charge in [-0.1, -0.05) is 6.07 Å². The minimum absolute atomic E-state index is 0.211. The van der Waals surface area contributed by atoms with Gasteiger partial charge in [-0.15, -0.1) is 21.5 Å². The van der Waals surface area contributed by atoms with Crippen molar-refractivity contribution in [3.8, 4) is 17.3 Å². The van der Waals surface area contributed by atoms with Crippen LogP contribution in [0.4, 0.5) is 5.69 Å². The number of hydrogen-bond acceptors (Lipinski definition) is 6. The van der Waals surface area contributed by atoms with E-state index < -0.39 is 0 Å². The van der Waals surface area contributed by atoms with E-state index in [1.807, 2.05) is 37.4 Å². The minimum Gasteiger partial charge on any atom is -0.380 e. The standard InChI is InChI=1S/C15H13N5S/c1-9(2)18-15-11-4-3-10(14-7-21-8-17-14)5-12(11)19-20-13(15)6-16/h3-5,7-9H,1-2H3,(H,18,19). The Morgan fingerprint density at radius 1 is 1.29 bits per heavy atom. The molecule has 6 heteroatoms. The molecule has 0 radical (unpaired) electrons. The van der Waals surface area contributed by atoms with Crippen molar-refractivity contribution < 1.29 is 0 Å². The maximum absolute atomic E-state index is 9.19. The molecule has 2 aromatic heterocycles. The van der Waals surface area contributed by atoms with Crippen LogP contribution in [0.2, 0.25) is 0 Å². The third-order valence-corrected chi connectivity index (χ3v) is 3.62. The zero-order chi connectivity index (χ0) is 14.8. The summed E-state index contributed by atoms with van der Waals surface area (Å²) in [7, 11) is 0. The molecule has 2 heterocycles.